The molecule has 1 aromatic carbocycles. The number of carbonyl (C=O) groups is 2. The maximum absolute atomic E-state index is 12.8. The molecule has 2 rings (SSSR count). The third-order valence-electron chi connectivity index (χ3n) is 5.40. The van der Waals surface area contributed by atoms with Gasteiger partial charge in [0.1, 0.15) is 23.2 Å². The minimum absolute atomic E-state index is 0.0607. The van der Waals surface area contributed by atoms with Crippen LogP contribution < -0.4 is 4.74 Å². The second kappa shape index (κ2) is 14.2. The van der Waals surface area contributed by atoms with Crippen molar-refractivity contribution in [3.05, 3.63) is 42.0 Å². The average molecular weight is 455 g/mol. The Kier molecular flexibility index (Phi) is 11.3. The normalized spacial score (nSPS) is 20.0. The number of hydrogen-bond acceptors (Lipinski definition) is 7. The number of unbranched alkanes of at least 4 members (excludes halogenated alkanes) is 1. The van der Waals surface area contributed by atoms with E-state index in [-0.39, 0.29) is 24.1 Å². The van der Waals surface area contributed by atoms with Crippen LogP contribution in [0.3, 0.4) is 0 Å². The molecule has 1 aliphatic carbocycles. The highest BCUT2D eigenvalue weighted by atomic mass is 16.6. The summed E-state index contributed by atoms with van der Waals surface area (Å²) >= 11 is 0. The number of oxime groups is 1. The first-order valence-electron chi connectivity index (χ1n) is 11.6. The fraction of sp³-hybridized carbons (Fsp3) is 0.538. The predicted molar refractivity (Wildman–Crippen MR) is 126 cm³/mol. The number of benzene rings is 1. The van der Waals surface area contributed by atoms with Crippen LogP contribution in [0.5, 0.6) is 5.75 Å². The fourth-order valence-corrected chi connectivity index (χ4v) is 3.75. The zero-order valence-electron chi connectivity index (χ0n) is 19.8. The lowest BCUT2D eigenvalue weighted by atomic mass is 9.77. The highest BCUT2D eigenvalue weighted by Crippen LogP contribution is 2.26. The summed E-state index contributed by atoms with van der Waals surface area (Å²) in [5.74, 6) is -0.487. The second-order valence-corrected chi connectivity index (χ2v) is 8.10. The highest BCUT2D eigenvalue weighted by Gasteiger charge is 2.38. The first-order chi connectivity index (χ1) is 16.0. The largest absolute Gasteiger partial charge is 0.483 e. The molecule has 7 heteroatoms. The number of ketones is 2. The number of Topliss-reactive ketones (excluding diaryl/α,β-unsaturated/α-hetero) is 2. The molecule has 1 unspecified atom stereocenters. The van der Waals surface area contributed by atoms with E-state index in [0.29, 0.717) is 49.5 Å². The van der Waals surface area contributed by atoms with Gasteiger partial charge in [0.25, 0.3) is 0 Å². The SMILES string of the molecule is C/C=C/C(CO/N=C(\CCCC)C1C(=O)CC(COCC)CC1=O)Oc1ccc(C#N)cc1. The summed E-state index contributed by atoms with van der Waals surface area (Å²) in [5, 5.41) is 13.2. The molecular formula is C26H34N2O5. The van der Waals surface area contributed by atoms with E-state index >= 15 is 0 Å². The number of hydrogen-bond donors (Lipinski definition) is 0. The van der Waals surface area contributed by atoms with Gasteiger partial charge in [0.2, 0.25) is 0 Å². The number of rotatable bonds is 13. The van der Waals surface area contributed by atoms with E-state index in [1.807, 2.05) is 26.0 Å². The molecule has 1 aliphatic rings. The Morgan fingerprint density at radius 2 is 1.91 bits per heavy atom. The minimum Gasteiger partial charge on any atom is -0.483 e. The molecule has 1 saturated carbocycles. The van der Waals surface area contributed by atoms with Gasteiger partial charge in [-0.15, -0.1) is 0 Å². The summed E-state index contributed by atoms with van der Waals surface area (Å²) in [5.41, 5.74) is 1.05. The van der Waals surface area contributed by atoms with Crippen LogP contribution in [0.1, 0.15) is 58.4 Å². The molecule has 0 amide bonds. The van der Waals surface area contributed by atoms with E-state index in [0.717, 1.165) is 12.8 Å². The summed E-state index contributed by atoms with van der Waals surface area (Å²) in [6, 6.07) is 8.89. The maximum Gasteiger partial charge on any atom is 0.157 e. The number of ether oxygens (including phenoxy) is 2. The van der Waals surface area contributed by atoms with Crippen molar-refractivity contribution >= 4 is 17.3 Å². The smallest absolute Gasteiger partial charge is 0.157 e. The van der Waals surface area contributed by atoms with Crippen LogP contribution in [0.25, 0.3) is 0 Å². The molecule has 0 aliphatic heterocycles. The molecule has 0 aromatic heterocycles. The van der Waals surface area contributed by atoms with E-state index in [9.17, 15) is 9.59 Å². The van der Waals surface area contributed by atoms with Crippen LogP contribution in [0, 0.1) is 23.2 Å². The van der Waals surface area contributed by atoms with Gasteiger partial charge in [0, 0.05) is 19.4 Å². The quantitative estimate of drug-likeness (QED) is 0.186. The van der Waals surface area contributed by atoms with Gasteiger partial charge in [-0.3, -0.25) is 9.59 Å². The van der Waals surface area contributed by atoms with Crippen LogP contribution in [-0.4, -0.2) is 43.2 Å². The van der Waals surface area contributed by atoms with Crippen molar-refractivity contribution in [3.63, 3.8) is 0 Å². The van der Waals surface area contributed by atoms with Gasteiger partial charge in [-0.05, 0) is 62.9 Å². The Labute approximate surface area is 196 Å². The Balaban J connectivity index is 2.06. The maximum atomic E-state index is 12.8. The first kappa shape index (κ1) is 26.3. The molecule has 178 valence electrons. The molecule has 0 radical (unpaired) electrons. The van der Waals surface area contributed by atoms with Gasteiger partial charge < -0.3 is 14.3 Å². The number of carbonyl (C=O) groups excluding carboxylic acids is 2. The van der Waals surface area contributed by atoms with Gasteiger partial charge in [0.05, 0.1) is 24.0 Å². The molecule has 7 nitrogen and oxygen atoms in total. The van der Waals surface area contributed by atoms with Crippen LogP contribution >= 0.6 is 0 Å². The molecule has 1 fully saturated rings. The second-order valence-electron chi connectivity index (χ2n) is 8.10. The lowest BCUT2D eigenvalue weighted by molar-refractivity contribution is -0.135. The molecule has 0 heterocycles. The third kappa shape index (κ3) is 8.47. The van der Waals surface area contributed by atoms with E-state index in [1.54, 1.807) is 24.3 Å². The van der Waals surface area contributed by atoms with Crippen molar-refractivity contribution in [2.45, 2.75) is 59.0 Å². The molecular weight excluding hydrogens is 420 g/mol. The summed E-state index contributed by atoms with van der Waals surface area (Å²) in [6.07, 6.45) is 6.22. The van der Waals surface area contributed by atoms with Crippen molar-refractivity contribution in [1.82, 2.24) is 0 Å². The fourth-order valence-electron chi connectivity index (χ4n) is 3.75. The summed E-state index contributed by atoms with van der Waals surface area (Å²) in [4.78, 5) is 31.2. The summed E-state index contributed by atoms with van der Waals surface area (Å²) < 4.78 is 11.3. The Bertz CT molecular complexity index is 852. The standard InChI is InChI=1S/C26H34N2O5/c1-4-7-9-23(26-24(29)14-20(15-25(26)30)17-31-6-3)28-32-18-22(8-5-2)33-21-12-10-19(16-27)11-13-21/h5,8,10-13,20,22,26H,4,6-7,9,14-15,17-18H2,1-3H3/b8-5+,28-23+. The molecule has 0 spiro atoms. The van der Waals surface area contributed by atoms with Crippen molar-refractivity contribution in [2.24, 2.45) is 17.0 Å². The van der Waals surface area contributed by atoms with Crippen molar-refractivity contribution < 1.29 is 23.9 Å². The summed E-state index contributed by atoms with van der Waals surface area (Å²) in [7, 11) is 0. The lowest BCUT2D eigenvalue weighted by Crippen LogP contribution is -2.40. The van der Waals surface area contributed by atoms with Crippen LogP contribution in [0.4, 0.5) is 0 Å². The third-order valence-corrected chi connectivity index (χ3v) is 5.40. The minimum atomic E-state index is -0.825. The molecule has 0 saturated heterocycles. The highest BCUT2D eigenvalue weighted by molar-refractivity contribution is 6.22. The van der Waals surface area contributed by atoms with Gasteiger partial charge in [0.15, 0.2) is 12.7 Å². The molecule has 0 bridgehead atoms. The molecule has 0 N–H and O–H groups in total. The van der Waals surface area contributed by atoms with Gasteiger partial charge in [-0.1, -0.05) is 24.6 Å². The summed E-state index contributed by atoms with van der Waals surface area (Å²) in [6.45, 7) is 6.95. The van der Waals surface area contributed by atoms with Gasteiger partial charge in [-0.25, -0.2) is 0 Å². The molecule has 33 heavy (non-hydrogen) atoms. The predicted octanol–water partition coefficient (Wildman–Crippen LogP) is 4.65. The number of nitriles is 1. The molecule has 1 aromatic rings. The molecule has 1 atom stereocenters. The van der Waals surface area contributed by atoms with Gasteiger partial charge in [-0.2, -0.15) is 5.26 Å². The monoisotopic (exact) mass is 454 g/mol. The van der Waals surface area contributed by atoms with E-state index < -0.39 is 12.0 Å². The van der Waals surface area contributed by atoms with Gasteiger partial charge >= 0.3 is 0 Å². The Morgan fingerprint density at radius 1 is 1.21 bits per heavy atom. The topological polar surface area (TPSA) is 98.0 Å². The lowest BCUT2D eigenvalue weighted by Gasteiger charge is -2.27. The van der Waals surface area contributed by atoms with Crippen LogP contribution in [0.15, 0.2) is 41.6 Å². The Hall–Kier alpha value is -2.98. The van der Waals surface area contributed by atoms with Crippen LogP contribution in [0.2, 0.25) is 0 Å². The van der Waals surface area contributed by atoms with Crippen LogP contribution in [-0.2, 0) is 19.2 Å². The average Bonchev–Trinajstić information content (AvgIpc) is 2.81. The number of nitrogens with zero attached hydrogens (tertiary/aromatic N) is 2. The van der Waals surface area contributed by atoms with Crippen molar-refractivity contribution in [3.8, 4) is 11.8 Å². The first-order valence-corrected chi connectivity index (χ1v) is 11.6. The van der Waals surface area contributed by atoms with Crippen molar-refractivity contribution in [1.29, 1.82) is 5.26 Å². The van der Waals surface area contributed by atoms with E-state index in [4.69, 9.17) is 19.6 Å². The van der Waals surface area contributed by atoms with E-state index in [2.05, 4.69) is 18.1 Å². The Morgan fingerprint density at radius 3 is 2.48 bits per heavy atom. The zero-order valence-corrected chi connectivity index (χ0v) is 19.8. The zero-order chi connectivity index (χ0) is 24.1. The van der Waals surface area contributed by atoms with E-state index in [1.165, 1.54) is 0 Å². The van der Waals surface area contributed by atoms with Crippen molar-refractivity contribution in [2.75, 3.05) is 19.8 Å². The number of allylic oxidation sites excluding steroid dienone is 1.